The maximum absolute atomic E-state index is 10.9. The van der Waals surface area contributed by atoms with Crippen molar-refractivity contribution in [2.45, 2.75) is 46.1 Å². The van der Waals surface area contributed by atoms with Gasteiger partial charge in [0.25, 0.3) is 0 Å². The molecule has 2 nitrogen and oxygen atoms in total. The molecule has 0 aliphatic heterocycles. The molecule has 0 saturated heterocycles. The van der Waals surface area contributed by atoms with Gasteiger partial charge in [-0.3, -0.25) is 4.79 Å². The van der Waals surface area contributed by atoms with Crippen LogP contribution in [-0.2, 0) is 9.53 Å². The lowest BCUT2D eigenvalue weighted by Gasteiger charge is -2.33. The van der Waals surface area contributed by atoms with Gasteiger partial charge in [-0.15, -0.1) is 0 Å². The van der Waals surface area contributed by atoms with Crippen molar-refractivity contribution in [3.8, 4) is 0 Å². The smallest absolute Gasteiger partial charge is 0.303 e. The summed E-state index contributed by atoms with van der Waals surface area (Å²) in [7, 11) is 0. The van der Waals surface area contributed by atoms with E-state index >= 15 is 0 Å². The Balaban J connectivity index is 2.61. The Bertz CT molecular complexity index is 230. The molecule has 2 atom stereocenters. The number of hydrogen-bond donors (Lipinski definition) is 0. The zero-order valence-electron chi connectivity index (χ0n) is 9.38. The number of carbonyl (C=O) groups is 1. The van der Waals surface area contributed by atoms with Crippen LogP contribution in [0.2, 0.25) is 0 Å². The first-order valence-corrected chi connectivity index (χ1v) is 5.38. The number of carbonyl (C=O) groups excluding carboxylic acids is 1. The average Bonchev–Trinajstić information content (AvgIpc) is 2.07. The monoisotopic (exact) mass is 196 g/mol. The molecule has 0 amide bonds. The van der Waals surface area contributed by atoms with E-state index in [0.717, 1.165) is 18.4 Å². The topological polar surface area (TPSA) is 26.3 Å². The number of rotatable bonds is 2. The summed E-state index contributed by atoms with van der Waals surface area (Å²) >= 11 is 0. The first-order chi connectivity index (χ1) is 6.52. The molecule has 1 aliphatic rings. The fraction of sp³-hybridized carbons (Fsp3) is 0.750. The molecule has 1 saturated carbocycles. The molecule has 1 fully saturated rings. The summed E-state index contributed by atoms with van der Waals surface area (Å²) in [5.41, 5.74) is 1.11. The molecule has 0 spiro atoms. The molecule has 0 aromatic carbocycles. The maximum atomic E-state index is 10.9. The third-order valence-corrected chi connectivity index (χ3v) is 2.98. The molecule has 0 unspecified atom stereocenters. The highest BCUT2D eigenvalue weighted by Gasteiger charge is 2.29. The van der Waals surface area contributed by atoms with Crippen molar-refractivity contribution >= 4 is 5.97 Å². The van der Waals surface area contributed by atoms with Gasteiger partial charge in [0.1, 0.15) is 6.10 Å². The average molecular weight is 196 g/mol. The summed E-state index contributed by atoms with van der Waals surface area (Å²) in [6.45, 7) is 9.94. The molecule has 0 radical (unpaired) electrons. The second-order valence-electron chi connectivity index (χ2n) is 4.45. The minimum absolute atomic E-state index is 0.0337. The Morgan fingerprint density at radius 1 is 1.50 bits per heavy atom. The molecule has 0 aromatic heterocycles. The highest BCUT2D eigenvalue weighted by atomic mass is 16.5. The lowest BCUT2D eigenvalue weighted by atomic mass is 9.77. The summed E-state index contributed by atoms with van der Waals surface area (Å²) in [4.78, 5) is 10.9. The molecule has 1 rings (SSSR count). The summed E-state index contributed by atoms with van der Waals surface area (Å²) in [6.07, 6.45) is 3.24. The predicted octanol–water partition coefficient (Wildman–Crippen LogP) is 2.93. The fourth-order valence-electron chi connectivity index (χ4n) is 2.23. The zero-order chi connectivity index (χ0) is 10.7. The summed E-state index contributed by atoms with van der Waals surface area (Å²) in [5, 5.41) is 0. The van der Waals surface area contributed by atoms with Crippen LogP contribution in [0.5, 0.6) is 0 Å². The number of hydrogen-bond acceptors (Lipinski definition) is 2. The third kappa shape index (κ3) is 2.60. The standard InChI is InChI=1S/C12H20O2/c1-8(2)11-6-5-7-12(9(11)3)14-10(4)13/h8,11-12H,3,5-7H2,1-2,4H3/t11-,12-/m1/s1. The quantitative estimate of drug-likeness (QED) is 0.501. The van der Waals surface area contributed by atoms with E-state index in [9.17, 15) is 4.79 Å². The Hall–Kier alpha value is -0.790. The summed E-state index contributed by atoms with van der Waals surface area (Å²) in [6, 6.07) is 0. The van der Waals surface area contributed by atoms with E-state index in [-0.39, 0.29) is 12.1 Å². The molecular weight excluding hydrogens is 176 g/mol. The van der Waals surface area contributed by atoms with Gasteiger partial charge in [0, 0.05) is 6.92 Å². The van der Waals surface area contributed by atoms with E-state index in [2.05, 4.69) is 20.4 Å². The van der Waals surface area contributed by atoms with Crippen LogP contribution in [0.3, 0.4) is 0 Å². The fourth-order valence-corrected chi connectivity index (χ4v) is 2.23. The Morgan fingerprint density at radius 3 is 2.64 bits per heavy atom. The van der Waals surface area contributed by atoms with Crippen LogP contribution in [0.1, 0.15) is 40.0 Å². The highest BCUT2D eigenvalue weighted by Crippen LogP contribution is 2.35. The van der Waals surface area contributed by atoms with E-state index in [1.54, 1.807) is 0 Å². The molecule has 2 heteroatoms. The lowest BCUT2D eigenvalue weighted by Crippen LogP contribution is -2.29. The molecule has 14 heavy (non-hydrogen) atoms. The van der Waals surface area contributed by atoms with Gasteiger partial charge in [-0.05, 0) is 36.7 Å². The van der Waals surface area contributed by atoms with Crippen LogP contribution in [-0.4, -0.2) is 12.1 Å². The summed E-state index contributed by atoms with van der Waals surface area (Å²) in [5.74, 6) is 0.925. The van der Waals surface area contributed by atoms with E-state index in [1.165, 1.54) is 13.3 Å². The Morgan fingerprint density at radius 2 is 2.14 bits per heavy atom. The van der Waals surface area contributed by atoms with Crippen molar-refractivity contribution < 1.29 is 9.53 Å². The van der Waals surface area contributed by atoms with Crippen LogP contribution in [0.25, 0.3) is 0 Å². The van der Waals surface area contributed by atoms with Gasteiger partial charge in [0.05, 0.1) is 0 Å². The Labute approximate surface area is 86.3 Å². The van der Waals surface area contributed by atoms with Gasteiger partial charge in [-0.25, -0.2) is 0 Å². The van der Waals surface area contributed by atoms with Crippen molar-refractivity contribution in [2.24, 2.45) is 11.8 Å². The van der Waals surface area contributed by atoms with Crippen molar-refractivity contribution in [2.75, 3.05) is 0 Å². The Kier molecular flexibility index (Phi) is 3.73. The third-order valence-electron chi connectivity index (χ3n) is 2.98. The van der Waals surface area contributed by atoms with E-state index in [4.69, 9.17) is 4.74 Å². The molecule has 0 N–H and O–H groups in total. The van der Waals surface area contributed by atoms with E-state index in [0.29, 0.717) is 11.8 Å². The van der Waals surface area contributed by atoms with Crippen LogP contribution < -0.4 is 0 Å². The predicted molar refractivity (Wildman–Crippen MR) is 56.9 cm³/mol. The largest absolute Gasteiger partial charge is 0.458 e. The van der Waals surface area contributed by atoms with Crippen molar-refractivity contribution in [3.05, 3.63) is 12.2 Å². The van der Waals surface area contributed by atoms with Gasteiger partial charge >= 0.3 is 5.97 Å². The summed E-state index contributed by atoms with van der Waals surface area (Å²) < 4.78 is 5.25. The van der Waals surface area contributed by atoms with Crippen LogP contribution >= 0.6 is 0 Å². The van der Waals surface area contributed by atoms with Gasteiger partial charge in [0.2, 0.25) is 0 Å². The van der Waals surface area contributed by atoms with Crippen molar-refractivity contribution in [3.63, 3.8) is 0 Å². The molecular formula is C12H20O2. The van der Waals surface area contributed by atoms with Crippen LogP contribution in [0.4, 0.5) is 0 Å². The van der Waals surface area contributed by atoms with Crippen molar-refractivity contribution in [1.29, 1.82) is 0 Å². The number of ether oxygens (including phenoxy) is 1. The van der Waals surface area contributed by atoms with Crippen LogP contribution in [0, 0.1) is 11.8 Å². The minimum Gasteiger partial charge on any atom is -0.458 e. The molecule has 0 aromatic rings. The first-order valence-electron chi connectivity index (χ1n) is 5.38. The second kappa shape index (κ2) is 4.63. The molecule has 0 bridgehead atoms. The first kappa shape index (κ1) is 11.3. The maximum Gasteiger partial charge on any atom is 0.303 e. The van der Waals surface area contributed by atoms with Gasteiger partial charge in [-0.2, -0.15) is 0 Å². The van der Waals surface area contributed by atoms with E-state index in [1.807, 2.05) is 0 Å². The van der Waals surface area contributed by atoms with Gasteiger partial charge < -0.3 is 4.74 Å². The normalized spacial score (nSPS) is 27.9. The van der Waals surface area contributed by atoms with Crippen LogP contribution in [0.15, 0.2) is 12.2 Å². The minimum atomic E-state index is -0.194. The second-order valence-corrected chi connectivity index (χ2v) is 4.45. The highest BCUT2D eigenvalue weighted by molar-refractivity contribution is 5.66. The van der Waals surface area contributed by atoms with E-state index < -0.39 is 0 Å². The zero-order valence-corrected chi connectivity index (χ0v) is 9.38. The van der Waals surface area contributed by atoms with Gasteiger partial charge in [0.15, 0.2) is 0 Å². The van der Waals surface area contributed by atoms with Gasteiger partial charge in [-0.1, -0.05) is 20.4 Å². The van der Waals surface area contributed by atoms with Crippen molar-refractivity contribution in [1.82, 2.24) is 0 Å². The SMILES string of the molecule is C=C1[C@H](OC(C)=O)CCC[C@@H]1C(C)C. The molecule has 1 aliphatic carbocycles. The lowest BCUT2D eigenvalue weighted by molar-refractivity contribution is -0.145. The number of esters is 1. The molecule has 80 valence electrons. The molecule has 0 heterocycles.